The summed E-state index contributed by atoms with van der Waals surface area (Å²) in [5.74, 6) is -0.00889. The van der Waals surface area contributed by atoms with E-state index in [0.29, 0.717) is 13.2 Å². The Morgan fingerprint density at radius 3 is 2.84 bits per heavy atom. The van der Waals surface area contributed by atoms with Crippen molar-refractivity contribution in [3.63, 3.8) is 0 Å². The van der Waals surface area contributed by atoms with Crippen LogP contribution in [0.15, 0.2) is 24.3 Å². The van der Waals surface area contributed by atoms with Crippen molar-refractivity contribution in [1.29, 1.82) is 0 Å². The van der Waals surface area contributed by atoms with Crippen LogP contribution in [0.4, 0.5) is 0 Å². The van der Waals surface area contributed by atoms with Gasteiger partial charge in [-0.15, -0.1) is 0 Å². The zero-order chi connectivity index (χ0) is 13.8. The highest BCUT2D eigenvalue weighted by Crippen LogP contribution is 2.24. The number of nitrogens with one attached hydrogen (secondary N) is 1. The Kier molecular flexibility index (Phi) is 4.22. The summed E-state index contributed by atoms with van der Waals surface area (Å²) in [6, 6.07) is 7.97. The predicted molar refractivity (Wildman–Crippen MR) is 76.5 cm³/mol. The minimum Gasteiger partial charge on any atom is -0.385 e. The van der Waals surface area contributed by atoms with Crippen LogP contribution in [0.3, 0.4) is 0 Å². The van der Waals surface area contributed by atoms with E-state index in [4.69, 9.17) is 4.74 Å². The topological polar surface area (TPSA) is 43.3 Å². The van der Waals surface area contributed by atoms with Gasteiger partial charge in [0.15, 0.2) is 0 Å². The molecular weight excluding hydrogens is 240 g/mol. The maximum Gasteiger partial charge on any atom is 0.253 e. The van der Waals surface area contributed by atoms with Crippen molar-refractivity contribution in [2.75, 3.05) is 20.3 Å². The van der Waals surface area contributed by atoms with Gasteiger partial charge in [-0.25, -0.2) is 0 Å². The Hall–Kier alpha value is -1.81. The third-order valence-electron chi connectivity index (χ3n) is 3.44. The molecule has 4 nitrogen and oxygen atoms in total. The molecule has 1 amide bonds. The Balaban J connectivity index is 2.24. The lowest BCUT2D eigenvalue weighted by Crippen LogP contribution is -2.25. The van der Waals surface area contributed by atoms with Gasteiger partial charge in [0.05, 0.1) is 5.56 Å². The summed E-state index contributed by atoms with van der Waals surface area (Å²) in [5.41, 5.74) is 2.85. The van der Waals surface area contributed by atoms with Crippen LogP contribution >= 0.6 is 0 Å². The van der Waals surface area contributed by atoms with Crippen LogP contribution < -0.4 is 5.32 Å². The van der Waals surface area contributed by atoms with Gasteiger partial charge < -0.3 is 14.6 Å². The quantitative estimate of drug-likeness (QED) is 0.838. The number of hydrogen-bond acceptors (Lipinski definition) is 2. The van der Waals surface area contributed by atoms with Crippen molar-refractivity contribution in [1.82, 2.24) is 9.88 Å². The number of ether oxygens (including phenoxy) is 1. The number of aryl methyl sites for hydroxylation is 1. The molecule has 1 aromatic carbocycles. The number of methoxy groups -OCH3 is 1. The largest absolute Gasteiger partial charge is 0.385 e. The first-order valence-electron chi connectivity index (χ1n) is 6.48. The Morgan fingerprint density at radius 2 is 2.11 bits per heavy atom. The molecule has 0 aliphatic heterocycles. The van der Waals surface area contributed by atoms with Crippen LogP contribution in [0.25, 0.3) is 10.9 Å². The number of para-hydroxylation sites is 1. The fraction of sp³-hybridized carbons (Fsp3) is 0.400. The maximum absolute atomic E-state index is 12.3. The molecule has 2 aromatic rings. The molecule has 0 fully saturated rings. The summed E-state index contributed by atoms with van der Waals surface area (Å²) in [6.07, 6.45) is 0.825. The second-order valence-electron chi connectivity index (χ2n) is 4.64. The molecule has 0 aliphatic carbocycles. The Bertz CT molecular complexity index is 587. The number of amides is 1. The molecule has 2 rings (SSSR count). The molecule has 0 radical (unpaired) electrons. The van der Waals surface area contributed by atoms with Crippen molar-refractivity contribution in [3.05, 3.63) is 35.5 Å². The number of carbonyl (C=O) groups is 1. The number of nitrogens with zero attached hydrogens (tertiary/aromatic N) is 1. The summed E-state index contributed by atoms with van der Waals surface area (Å²) < 4.78 is 7.03. The molecule has 102 valence electrons. The summed E-state index contributed by atoms with van der Waals surface area (Å²) >= 11 is 0. The van der Waals surface area contributed by atoms with Crippen LogP contribution in [-0.2, 0) is 11.8 Å². The zero-order valence-electron chi connectivity index (χ0n) is 11.7. The molecule has 1 heterocycles. The van der Waals surface area contributed by atoms with E-state index in [0.717, 1.165) is 28.6 Å². The summed E-state index contributed by atoms with van der Waals surface area (Å²) in [4.78, 5) is 12.3. The second kappa shape index (κ2) is 5.89. The Labute approximate surface area is 113 Å². The number of aromatic nitrogens is 1. The fourth-order valence-electron chi connectivity index (χ4n) is 2.31. The minimum atomic E-state index is -0.00889. The molecule has 0 bridgehead atoms. The standard InChI is InChI=1S/C15H20N2O2/c1-11-14(15(18)16-9-6-10-19-3)12-7-4-5-8-13(12)17(11)2/h4-5,7-8H,6,9-10H2,1-3H3,(H,16,18). The van der Waals surface area contributed by atoms with E-state index < -0.39 is 0 Å². The highest BCUT2D eigenvalue weighted by Gasteiger charge is 2.17. The van der Waals surface area contributed by atoms with Crippen LogP contribution in [0, 0.1) is 6.92 Å². The molecule has 19 heavy (non-hydrogen) atoms. The van der Waals surface area contributed by atoms with Crippen molar-refractivity contribution in [3.8, 4) is 0 Å². The summed E-state index contributed by atoms with van der Waals surface area (Å²) in [7, 11) is 3.65. The van der Waals surface area contributed by atoms with Gasteiger partial charge in [-0.3, -0.25) is 4.79 Å². The number of hydrogen-bond donors (Lipinski definition) is 1. The normalized spacial score (nSPS) is 10.9. The molecule has 0 spiro atoms. The molecule has 0 unspecified atom stereocenters. The van der Waals surface area contributed by atoms with Gasteiger partial charge in [0.2, 0.25) is 0 Å². The first-order chi connectivity index (χ1) is 9.16. The number of fused-ring (bicyclic) bond motifs is 1. The highest BCUT2D eigenvalue weighted by molar-refractivity contribution is 6.08. The van der Waals surface area contributed by atoms with Gasteiger partial charge in [0.1, 0.15) is 0 Å². The average Bonchev–Trinajstić information content (AvgIpc) is 2.68. The van der Waals surface area contributed by atoms with Gasteiger partial charge in [0.25, 0.3) is 5.91 Å². The molecule has 1 N–H and O–H groups in total. The first kappa shape index (κ1) is 13.6. The van der Waals surface area contributed by atoms with E-state index in [1.54, 1.807) is 7.11 Å². The van der Waals surface area contributed by atoms with Gasteiger partial charge >= 0.3 is 0 Å². The molecule has 0 saturated carbocycles. The molecule has 0 saturated heterocycles. The first-order valence-corrected chi connectivity index (χ1v) is 6.48. The Morgan fingerprint density at radius 1 is 1.37 bits per heavy atom. The minimum absolute atomic E-state index is 0.00889. The molecule has 0 atom stereocenters. The lowest BCUT2D eigenvalue weighted by Gasteiger charge is -2.05. The van der Waals surface area contributed by atoms with Gasteiger partial charge in [-0.2, -0.15) is 0 Å². The zero-order valence-corrected chi connectivity index (χ0v) is 11.7. The van der Waals surface area contributed by atoms with E-state index >= 15 is 0 Å². The summed E-state index contributed by atoms with van der Waals surface area (Å²) in [6.45, 7) is 3.27. The van der Waals surface area contributed by atoms with Crippen LogP contribution in [-0.4, -0.2) is 30.7 Å². The number of benzene rings is 1. The van der Waals surface area contributed by atoms with Gasteiger partial charge in [0, 0.05) is 43.9 Å². The molecule has 1 aromatic heterocycles. The van der Waals surface area contributed by atoms with E-state index in [1.807, 2.05) is 38.2 Å². The summed E-state index contributed by atoms with van der Waals surface area (Å²) in [5, 5.41) is 3.95. The van der Waals surface area contributed by atoms with Crippen molar-refractivity contribution >= 4 is 16.8 Å². The SMILES string of the molecule is COCCCNC(=O)c1c(C)n(C)c2ccccc12. The average molecular weight is 260 g/mol. The highest BCUT2D eigenvalue weighted by atomic mass is 16.5. The van der Waals surface area contributed by atoms with E-state index in [-0.39, 0.29) is 5.91 Å². The number of carbonyl (C=O) groups excluding carboxylic acids is 1. The smallest absolute Gasteiger partial charge is 0.253 e. The van der Waals surface area contributed by atoms with E-state index in [9.17, 15) is 4.79 Å². The fourth-order valence-corrected chi connectivity index (χ4v) is 2.31. The second-order valence-corrected chi connectivity index (χ2v) is 4.64. The van der Waals surface area contributed by atoms with Crippen molar-refractivity contribution in [2.45, 2.75) is 13.3 Å². The molecule has 0 aliphatic rings. The van der Waals surface area contributed by atoms with Crippen LogP contribution in [0.1, 0.15) is 22.5 Å². The predicted octanol–water partition coefficient (Wildman–Crippen LogP) is 2.25. The van der Waals surface area contributed by atoms with E-state index in [2.05, 4.69) is 9.88 Å². The van der Waals surface area contributed by atoms with Gasteiger partial charge in [-0.05, 0) is 19.4 Å². The third kappa shape index (κ3) is 2.63. The molecular formula is C15H20N2O2. The third-order valence-corrected chi connectivity index (χ3v) is 3.44. The van der Waals surface area contributed by atoms with Gasteiger partial charge in [-0.1, -0.05) is 18.2 Å². The number of rotatable bonds is 5. The lowest BCUT2D eigenvalue weighted by molar-refractivity contribution is 0.0949. The van der Waals surface area contributed by atoms with Crippen LogP contribution in [0.5, 0.6) is 0 Å². The monoisotopic (exact) mass is 260 g/mol. The molecule has 4 heteroatoms. The van der Waals surface area contributed by atoms with E-state index in [1.165, 1.54) is 0 Å². The van der Waals surface area contributed by atoms with Crippen molar-refractivity contribution in [2.24, 2.45) is 7.05 Å². The maximum atomic E-state index is 12.3. The lowest BCUT2D eigenvalue weighted by atomic mass is 10.1. The van der Waals surface area contributed by atoms with Crippen LogP contribution in [0.2, 0.25) is 0 Å². The van der Waals surface area contributed by atoms with Crippen molar-refractivity contribution < 1.29 is 9.53 Å².